The Bertz CT molecular complexity index is 1040. The molecule has 0 radical (unpaired) electrons. The summed E-state index contributed by atoms with van der Waals surface area (Å²) in [5.41, 5.74) is 1.80. The van der Waals surface area contributed by atoms with Gasteiger partial charge < -0.3 is 10.1 Å². The Kier molecular flexibility index (Phi) is 6.08. The molecule has 2 aromatic rings. The fourth-order valence-electron chi connectivity index (χ4n) is 4.37. The van der Waals surface area contributed by atoms with E-state index in [4.69, 9.17) is 4.74 Å². The third-order valence-electron chi connectivity index (χ3n) is 5.96. The largest absolute Gasteiger partial charge is 0.487 e. The molecule has 0 spiro atoms. The van der Waals surface area contributed by atoms with E-state index in [-0.39, 0.29) is 23.3 Å². The maximum atomic E-state index is 12.9. The van der Waals surface area contributed by atoms with Gasteiger partial charge in [0, 0.05) is 30.6 Å². The number of benzene rings is 2. The second-order valence-corrected chi connectivity index (χ2v) is 11.0. The molecule has 1 atom stereocenters. The van der Waals surface area contributed by atoms with Crippen molar-refractivity contribution >= 4 is 15.9 Å². The smallest absolute Gasteiger partial charge is 0.251 e. The van der Waals surface area contributed by atoms with Gasteiger partial charge in [-0.1, -0.05) is 36.8 Å². The monoisotopic (exact) mass is 442 g/mol. The minimum Gasteiger partial charge on any atom is -0.487 e. The third-order valence-corrected chi connectivity index (χ3v) is 7.81. The molecule has 0 aliphatic carbocycles. The van der Waals surface area contributed by atoms with Gasteiger partial charge in [0.05, 0.1) is 11.8 Å². The lowest BCUT2D eigenvalue weighted by molar-refractivity contribution is 0.0619. The minimum atomic E-state index is -3.32. The van der Waals surface area contributed by atoms with Crippen LogP contribution < -0.4 is 10.1 Å². The van der Waals surface area contributed by atoms with E-state index in [2.05, 4.69) is 5.32 Å². The van der Waals surface area contributed by atoms with Crippen molar-refractivity contribution in [3.63, 3.8) is 0 Å². The highest BCUT2D eigenvalue weighted by atomic mass is 32.2. The molecular formula is C24H30N2O4S. The van der Waals surface area contributed by atoms with E-state index >= 15 is 0 Å². The van der Waals surface area contributed by atoms with Crippen molar-refractivity contribution in [3.8, 4) is 5.75 Å². The van der Waals surface area contributed by atoms with Crippen molar-refractivity contribution in [2.45, 2.75) is 56.9 Å². The van der Waals surface area contributed by atoms with Crippen LogP contribution in [0, 0.1) is 0 Å². The van der Waals surface area contributed by atoms with Crippen molar-refractivity contribution in [1.82, 2.24) is 9.62 Å². The molecule has 1 amide bonds. The molecule has 1 saturated heterocycles. The third kappa shape index (κ3) is 5.10. The number of carbonyl (C=O) groups excluding carboxylic acids is 1. The highest BCUT2D eigenvalue weighted by Crippen LogP contribution is 2.39. The molecule has 0 aromatic heterocycles. The molecule has 0 unspecified atom stereocenters. The van der Waals surface area contributed by atoms with Crippen LogP contribution in [-0.4, -0.2) is 37.3 Å². The summed E-state index contributed by atoms with van der Waals surface area (Å²) in [7, 11) is -3.32. The van der Waals surface area contributed by atoms with Gasteiger partial charge in [-0.15, -0.1) is 0 Å². The van der Waals surface area contributed by atoms with Crippen LogP contribution in [-0.2, 0) is 15.8 Å². The fourth-order valence-corrected chi connectivity index (χ4v) is 5.98. The molecular weight excluding hydrogens is 412 g/mol. The fraction of sp³-hybridized carbons (Fsp3) is 0.458. The first-order valence-electron chi connectivity index (χ1n) is 10.9. The van der Waals surface area contributed by atoms with Gasteiger partial charge in [-0.3, -0.25) is 4.79 Å². The Morgan fingerprint density at radius 1 is 1.06 bits per heavy atom. The van der Waals surface area contributed by atoms with Crippen LogP contribution in [0.4, 0.5) is 0 Å². The second kappa shape index (κ2) is 8.63. The van der Waals surface area contributed by atoms with Crippen molar-refractivity contribution < 1.29 is 17.9 Å². The van der Waals surface area contributed by atoms with Crippen LogP contribution >= 0.6 is 0 Å². The highest BCUT2D eigenvalue weighted by Gasteiger charge is 2.34. The number of para-hydroxylation sites is 1. The van der Waals surface area contributed by atoms with Crippen LogP contribution in [0.1, 0.15) is 67.1 Å². The number of fused-ring (bicyclic) bond motifs is 1. The standard InChI is InChI=1S/C24H30N2O4S/c1-24(2)16-21(20-8-4-5-9-22(20)30-24)25-23(27)19-12-10-18(11-13-19)17-31(28,29)26-14-6-3-7-15-26/h4-5,8-13,21H,3,6-7,14-17H2,1-2H3,(H,25,27)/t21-/m0/s1. The maximum Gasteiger partial charge on any atom is 0.251 e. The Hall–Kier alpha value is -2.38. The number of hydrogen-bond donors (Lipinski definition) is 1. The summed E-state index contributed by atoms with van der Waals surface area (Å²) in [4.78, 5) is 12.9. The number of hydrogen-bond acceptors (Lipinski definition) is 4. The maximum absolute atomic E-state index is 12.9. The summed E-state index contributed by atoms with van der Waals surface area (Å²) in [6.07, 6.45) is 3.60. The van der Waals surface area contributed by atoms with E-state index in [1.165, 1.54) is 0 Å². The molecule has 1 fully saturated rings. The Balaban J connectivity index is 1.44. The minimum absolute atomic E-state index is 0.0313. The molecule has 2 aliphatic heterocycles. The second-order valence-electron chi connectivity index (χ2n) is 9.04. The van der Waals surface area contributed by atoms with Crippen LogP contribution in [0.15, 0.2) is 48.5 Å². The van der Waals surface area contributed by atoms with Crippen LogP contribution in [0.3, 0.4) is 0 Å². The van der Waals surface area contributed by atoms with Crippen LogP contribution in [0.25, 0.3) is 0 Å². The first-order chi connectivity index (χ1) is 14.7. The Morgan fingerprint density at radius 3 is 2.45 bits per heavy atom. The van der Waals surface area contributed by atoms with Crippen molar-refractivity contribution in [1.29, 1.82) is 0 Å². The summed E-state index contributed by atoms with van der Waals surface area (Å²) in [6, 6.07) is 14.5. The molecule has 2 aliphatic rings. The molecule has 0 saturated carbocycles. The van der Waals surface area contributed by atoms with Gasteiger partial charge >= 0.3 is 0 Å². The topological polar surface area (TPSA) is 75.7 Å². The zero-order chi connectivity index (χ0) is 22.1. The first-order valence-corrected chi connectivity index (χ1v) is 12.5. The van der Waals surface area contributed by atoms with Crippen molar-refractivity contribution in [2.24, 2.45) is 0 Å². The van der Waals surface area contributed by atoms with Gasteiger partial charge in [-0.2, -0.15) is 0 Å². The zero-order valence-corrected chi connectivity index (χ0v) is 19.0. The summed E-state index contributed by atoms with van der Waals surface area (Å²) in [5, 5.41) is 3.12. The molecule has 4 rings (SSSR count). The Morgan fingerprint density at radius 2 is 1.74 bits per heavy atom. The number of nitrogens with one attached hydrogen (secondary N) is 1. The average molecular weight is 443 g/mol. The van der Waals surface area contributed by atoms with Crippen molar-refractivity contribution in [2.75, 3.05) is 13.1 Å². The SMILES string of the molecule is CC1(C)C[C@H](NC(=O)c2ccc(CS(=O)(=O)N3CCCCC3)cc2)c2ccccc2O1. The van der Waals surface area contributed by atoms with Gasteiger partial charge in [-0.25, -0.2) is 12.7 Å². The quantitative estimate of drug-likeness (QED) is 0.758. The van der Waals surface area contributed by atoms with E-state index in [0.29, 0.717) is 30.6 Å². The zero-order valence-electron chi connectivity index (χ0n) is 18.1. The highest BCUT2D eigenvalue weighted by molar-refractivity contribution is 7.88. The normalized spacial score (nSPS) is 21.0. The summed E-state index contributed by atoms with van der Waals surface area (Å²) < 4.78 is 32.9. The first kappa shape index (κ1) is 21.8. The number of nitrogens with zero attached hydrogens (tertiary/aromatic N) is 1. The van der Waals surface area contributed by atoms with Crippen LogP contribution in [0.5, 0.6) is 5.75 Å². The lowest BCUT2D eigenvalue weighted by Gasteiger charge is -2.37. The van der Waals surface area contributed by atoms with E-state index < -0.39 is 10.0 Å². The molecule has 166 valence electrons. The van der Waals surface area contributed by atoms with E-state index in [9.17, 15) is 13.2 Å². The van der Waals surface area contributed by atoms with Crippen molar-refractivity contribution in [3.05, 3.63) is 65.2 Å². The number of sulfonamides is 1. The predicted molar refractivity (Wildman–Crippen MR) is 120 cm³/mol. The number of amides is 1. The van der Waals surface area contributed by atoms with Crippen LogP contribution in [0.2, 0.25) is 0 Å². The van der Waals surface area contributed by atoms with Gasteiger partial charge in [0.25, 0.3) is 5.91 Å². The van der Waals surface area contributed by atoms with Gasteiger partial charge in [-0.05, 0) is 50.5 Å². The van der Waals surface area contributed by atoms with E-state index in [0.717, 1.165) is 30.6 Å². The molecule has 31 heavy (non-hydrogen) atoms. The summed E-state index contributed by atoms with van der Waals surface area (Å²) in [6.45, 7) is 5.23. The molecule has 1 N–H and O–H groups in total. The molecule has 0 bridgehead atoms. The molecule has 7 heteroatoms. The van der Waals surface area contributed by atoms with Gasteiger partial charge in [0.1, 0.15) is 11.4 Å². The lowest BCUT2D eigenvalue weighted by Crippen LogP contribution is -2.41. The van der Waals surface area contributed by atoms with Gasteiger partial charge in [0.15, 0.2) is 0 Å². The van der Waals surface area contributed by atoms with E-state index in [1.807, 2.05) is 38.1 Å². The number of rotatable bonds is 5. The predicted octanol–water partition coefficient (Wildman–Crippen LogP) is 4.03. The molecule has 2 aromatic carbocycles. The summed E-state index contributed by atoms with van der Waals surface area (Å²) >= 11 is 0. The Labute approximate surface area is 184 Å². The summed E-state index contributed by atoms with van der Waals surface area (Å²) in [5.74, 6) is 0.585. The molecule has 2 heterocycles. The molecule has 6 nitrogen and oxygen atoms in total. The number of piperidine rings is 1. The number of ether oxygens (including phenoxy) is 1. The van der Waals surface area contributed by atoms with Gasteiger partial charge in [0.2, 0.25) is 10.0 Å². The van der Waals surface area contributed by atoms with E-state index in [1.54, 1.807) is 28.6 Å². The number of carbonyl (C=O) groups is 1. The average Bonchev–Trinajstić information content (AvgIpc) is 2.74. The lowest BCUT2D eigenvalue weighted by atomic mass is 9.89.